The molecule has 0 fully saturated rings. The fraction of sp³-hybridized carbons (Fsp3) is 0.0769. The van der Waals surface area contributed by atoms with Gasteiger partial charge in [0.05, 0.1) is 5.69 Å². The number of nitrogen functional groups attached to an aromatic ring is 1. The van der Waals surface area contributed by atoms with Crippen LogP contribution >= 0.6 is 15.9 Å². The number of hydrogen-bond donors (Lipinski definition) is 2. The average molecular weight is 295 g/mol. The summed E-state index contributed by atoms with van der Waals surface area (Å²) in [6, 6.07) is 12.7. The van der Waals surface area contributed by atoms with Crippen molar-refractivity contribution < 1.29 is 4.39 Å². The maximum absolute atomic E-state index is 13.2. The summed E-state index contributed by atoms with van der Waals surface area (Å²) < 4.78 is 14.2. The normalized spacial score (nSPS) is 10.2. The minimum atomic E-state index is -0.399. The van der Waals surface area contributed by atoms with Crippen molar-refractivity contribution >= 4 is 27.3 Å². The summed E-state index contributed by atoms with van der Waals surface area (Å²) >= 11 is 3.41. The van der Waals surface area contributed by atoms with Crippen LogP contribution in [0.5, 0.6) is 0 Å². The zero-order valence-electron chi connectivity index (χ0n) is 9.08. The summed E-state index contributed by atoms with van der Waals surface area (Å²) in [5, 5.41) is 3.14. The van der Waals surface area contributed by atoms with Gasteiger partial charge in [-0.15, -0.1) is 0 Å². The van der Waals surface area contributed by atoms with Gasteiger partial charge in [0.15, 0.2) is 0 Å². The predicted octanol–water partition coefficient (Wildman–Crippen LogP) is 3.78. The van der Waals surface area contributed by atoms with E-state index in [1.54, 1.807) is 12.1 Å². The van der Waals surface area contributed by atoms with E-state index < -0.39 is 5.82 Å². The number of halogens is 2. The van der Waals surface area contributed by atoms with Crippen LogP contribution in [0.1, 0.15) is 5.56 Å². The molecule has 0 unspecified atom stereocenters. The number of nitrogens with two attached hydrogens (primary N) is 1. The molecular weight excluding hydrogens is 283 g/mol. The van der Waals surface area contributed by atoms with E-state index in [1.165, 1.54) is 6.07 Å². The van der Waals surface area contributed by atoms with Crippen molar-refractivity contribution in [1.29, 1.82) is 0 Å². The van der Waals surface area contributed by atoms with Crippen molar-refractivity contribution in [1.82, 2.24) is 0 Å². The van der Waals surface area contributed by atoms with E-state index in [1.807, 2.05) is 24.3 Å². The highest BCUT2D eigenvalue weighted by Crippen LogP contribution is 2.17. The number of benzene rings is 2. The summed E-state index contributed by atoms with van der Waals surface area (Å²) in [5.74, 6) is -0.399. The van der Waals surface area contributed by atoms with E-state index in [2.05, 4.69) is 21.2 Å². The second-order valence-electron chi connectivity index (χ2n) is 3.72. The SMILES string of the molecule is Nc1ccc(NCc2cccc(Br)c2)cc1F. The first-order valence-electron chi connectivity index (χ1n) is 5.18. The van der Waals surface area contributed by atoms with Gasteiger partial charge in [-0.05, 0) is 35.9 Å². The highest BCUT2D eigenvalue weighted by molar-refractivity contribution is 9.10. The van der Waals surface area contributed by atoms with E-state index in [0.29, 0.717) is 6.54 Å². The summed E-state index contributed by atoms with van der Waals surface area (Å²) in [6.45, 7) is 0.642. The molecule has 0 saturated carbocycles. The Morgan fingerprint density at radius 1 is 1.18 bits per heavy atom. The van der Waals surface area contributed by atoms with E-state index in [-0.39, 0.29) is 5.69 Å². The zero-order chi connectivity index (χ0) is 12.3. The number of nitrogens with one attached hydrogen (secondary N) is 1. The molecule has 0 amide bonds. The highest BCUT2D eigenvalue weighted by atomic mass is 79.9. The first kappa shape index (κ1) is 11.9. The van der Waals surface area contributed by atoms with Gasteiger partial charge in [-0.1, -0.05) is 28.1 Å². The molecule has 0 heterocycles. The Morgan fingerprint density at radius 3 is 2.71 bits per heavy atom. The standard InChI is InChI=1S/C13H12BrFN2/c14-10-3-1-2-9(6-10)8-17-11-4-5-13(16)12(15)7-11/h1-7,17H,8,16H2. The van der Waals surface area contributed by atoms with E-state index in [0.717, 1.165) is 15.7 Å². The van der Waals surface area contributed by atoms with Gasteiger partial charge in [-0.3, -0.25) is 0 Å². The Bertz CT molecular complexity index is 529. The molecule has 0 spiro atoms. The van der Waals surface area contributed by atoms with Crippen LogP contribution in [0.25, 0.3) is 0 Å². The number of rotatable bonds is 3. The maximum atomic E-state index is 13.2. The largest absolute Gasteiger partial charge is 0.396 e. The van der Waals surface area contributed by atoms with Gasteiger partial charge >= 0.3 is 0 Å². The highest BCUT2D eigenvalue weighted by Gasteiger charge is 2.00. The van der Waals surface area contributed by atoms with Crippen molar-refractivity contribution in [2.75, 3.05) is 11.1 Å². The Morgan fingerprint density at radius 2 is 2.00 bits per heavy atom. The number of hydrogen-bond acceptors (Lipinski definition) is 2. The van der Waals surface area contributed by atoms with Crippen molar-refractivity contribution in [2.24, 2.45) is 0 Å². The van der Waals surface area contributed by atoms with E-state index in [9.17, 15) is 4.39 Å². The molecule has 0 bridgehead atoms. The lowest BCUT2D eigenvalue weighted by atomic mass is 10.2. The third-order valence-corrected chi connectivity index (χ3v) is 2.88. The molecule has 2 aromatic carbocycles. The maximum Gasteiger partial charge on any atom is 0.148 e. The Hall–Kier alpha value is -1.55. The topological polar surface area (TPSA) is 38.0 Å². The Balaban J connectivity index is 2.05. The van der Waals surface area contributed by atoms with E-state index in [4.69, 9.17) is 5.73 Å². The van der Waals surface area contributed by atoms with Crippen LogP contribution in [0.4, 0.5) is 15.8 Å². The molecule has 0 radical (unpaired) electrons. The zero-order valence-corrected chi connectivity index (χ0v) is 10.7. The average Bonchev–Trinajstić information content (AvgIpc) is 2.31. The minimum absolute atomic E-state index is 0.165. The molecule has 0 saturated heterocycles. The third kappa shape index (κ3) is 3.20. The van der Waals surface area contributed by atoms with Crippen molar-refractivity contribution in [3.63, 3.8) is 0 Å². The van der Waals surface area contributed by atoms with Crippen LogP contribution in [0.3, 0.4) is 0 Å². The summed E-state index contributed by atoms with van der Waals surface area (Å²) in [4.78, 5) is 0. The van der Waals surface area contributed by atoms with Crippen molar-refractivity contribution in [3.8, 4) is 0 Å². The second-order valence-corrected chi connectivity index (χ2v) is 4.64. The molecule has 4 heteroatoms. The first-order chi connectivity index (χ1) is 8.15. The Labute approximate surface area is 108 Å². The monoisotopic (exact) mass is 294 g/mol. The molecule has 0 aliphatic rings. The van der Waals surface area contributed by atoms with Crippen LogP contribution < -0.4 is 11.1 Å². The molecule has 2 nitrogen and oxygen atoms in total. The van der Waals surface area contributed by atoms with Crippen molar-refractivity contribution in [3.05, 3.63) is 58.3 Å². The van der Waals surface area contributed by atoms with Crippen LogP contribution in [0.15, 0.2) is 46.9 Å². The molecule has 3 N–H and O–H groups in total. The Kier molecular flexibility index (Phi) is 3.64. The van der Waals surface area contributed by atoms with Crippen LogP contribution in [-0.4, -0.2) is 0 Å². The molecule has 0 aliphatic carbocycles. The van der Waals surface area contributed by atoms with E-state index >= 15 is 0 Å². The fourth-order valence-electron chi connectivity index (χ4n) is 1.49. The molecular formula is C13H12BrFN2. The smallest absolute Gasteiger partial charge is 0.148 e. The first-order valence-corrected chi connectivity index (χ1v) is 5.98. The molecule has 88 valence electrons. The summed E-state index contributed by atoms with van der Waals surface area (Å²) in [5.41, 5.74) is 7.41. The van der Waals surface area contributed by atoms with Crippen LogP contribution in [0, 0.1) is 5.82 Å². The minimum Gasteiger partial charge on any atom is -0.396 e. The van der Waals surface area contributed by atoms with Gasteiger partial charge in [-0.25, -0.2) is 4.39 Å². The lowest BCUT2D eigenvalue weighted by Crippen LogP contribution is -2.00. The number of anilines is 2. The van der Waals surface area contributed by atoms with Gasteiger partial charge in [0.2, 0.25) is 0 Å². The lowest BCUT2D eigenvalue weighted by molar-refractivity contribution is 0.633. The molecule has 0 atom stereocenters. The molecule has 2 aromatic rings. The quantitative estimate of drug-likeness (QED) is 0.846. The van der Waals surface area contributed by atoms with Gasteiger partial charge in [-0.2, -0.15) is 0 Å². The van der Waals surface area contributed by atoms with Gasteiger partial charge in [0.25, 0.3) is 0 Å². The predicted molar refractivity (Wildman–Crippen MR) is 72.3 cm³/mol. The van der Waals surface area contributed by atoms with Gasteiger partial charge in [0.1, 0.15) is 5.82 Å². The second kappa shape index (κ2) is 5.19. The van der Waals surface area contributed by atoms with Gasteiger partial charge in [0, 0.05) is 16.7 Å². The lowest BCUT2D eigenvalue weighted by Gasteiger charge is -2.07. The molecule has 2 rings (SSSR count). The van der Waals surface area contributed by atoms with Gasteiger partial charge < -0.3 is 11.1 Å². The molecule has 17 heavy (non-hydrogen) atoms. The summed E-state index contributed by atoms with van der Waals surface area (Å²) in [7, 11) is 0. The van der Waals surface area contributed by atoms with Crippen molar-refractivity contribution in [2.45, 2.75) is 6.54 Å². The molecule has 0 aliphatic heterocycles. The van der Waals surface area contributed by atoms with Crippen LogP contribution in [-0.2, 0) is 6.54 Å². The third-order valence-electron chi connectivity index (χ3n) is 2.39. The molecule has 0 aromatic heterocycles. The fourth-order valence-corrected chi connectivity index (χ4v) is 1.93. The summed E-state index contributed by atoms with van der Waals surface area (Å²) in [6.07, 6.45) is 0. The van der Waals surface area contributed by atoms with Crippen LogP contribution in [0.2, 0.25) is 0 Å².